The number of nitrogens with zero attached hydrogens (tertiary/aromatic N) is 4. The standard InChI is InChI=1S/C21H15F4N5OS/c22-15-4-2-1-3-13(15)18-28-29-20(30(18)12-6-7-12)32-10-17-26-16-9-11(21(23,24)25)5-8-14(16)19(31)27-17/h1-5,8-9,12H,6-7,10H2,(H,26,27,31). The molecule has 6 nitrogen and oxygen atoms in total. The molecule has 1 fully saturated rings. The van der Waals surface area contributed by atoms with E-state index in [0.29, 0.717) is 16.5 Å². The Balaban J connectivity index is 1.46. The van der Waals surface area contributed by atoms with Crippen molar-refractivity contribution in [3.63, 3.8) is 0 Å². The van der Waals surface area contributed by atoms with Crippen LogP contribution in [0.25, 0.3) is 22.3 Å². The maximum atomic E-state index is 14.3. The quantitative estimate of drug-likeness (QED) is 0.336. The third-order valence-corrected chi connectivity index (χ3v) is 6.07. The topological polar surface area (TPSA) is 76.5 Å². The molecule has 2 aromatic carbocycles. The first-order chi connectivity index (χ1) is 15.3. The van der Waals surface area contributed by atoms with E-state index >= 15 is 0 Å². The molecule has 5 rings (SSSR count). The number of thioether (sulfide) groups is 1. The number of aromatic amines is 1. The van der Waals surface area contributed by atoms with Gasteiger partial charge >= 0.3 is 6.18 Å². The first kappa shape index (κ1) is 20.7. The van der Waals surface area contributed by atoms with Crippen LogP contribution in [0, 0.1) is 5.82 Å². The van der Waals surface area contributed by atoms with Crippen LogP contribution in [0.15, 0.2) is 52.4 Å². The van der Waals surface area contributed by atoms with Crippen molar-refractivity contribution in [2.45, 2.75) is 36.0 Å². The Labute approximate surface area is 182 Å². The molecule has 1 aliphatic rings. The molecule has 2 aromatic heterocycles. The molecule has 0 atom stereocenters. The summed E-state index contributed by atoms with van der Waals surface area (Å²) in [6.45, 7) is 0. The van der Waals surface area contributed by atoms with Crippen LogP contribution < -0.4 is 5.56 Å². The molecule has 32 heavy (non-hydrogen) atoms. The van der Waals surface area contributed by atoms with Crippen LogP contribution in [0.4, 0.5) is 17.6 Å². The number of aromatic nitrogens is 5. The summed E-state index contributed by atoms with van der Waals surface area (Å²) in [7, 11) is 0. The number of H-pyrrole nitrogens is 1. The van der Waals surface area contributed by atoms with Gasteiger partial charge in [-0.25, -0.2) is 9.37 Å². The fourth-order valence-electron chi connectivity index (χ4n) is 3.43. The molecule has 0 aliphatic heterocycles. The molecular formula is C21H15F4N5OS. The van der Waals surface area contributed by atoms with Crippen molar-refractivity contribution in [2.24, 2.45) is 0 Å². The number of alkyl halides is 3. The number of hydrogen-bond acceptors (Lipinski definition) is 5. The lowest BCUT2D eigenvalue weighted by atomic mass is 10.1. The second kappa shape index (κ2) is 7.73. The fourth-order valence-corrected chi connectivity index (χ4v) is 4.30. The van der Waals surface area contributed by atoms with E-state index in [1.165, 1.54) is 17.8 Å². The lowest BCUT2D eigenvalue weighted by Gasteiger charge is -2.10. The molecule has 4 aromatic rings. The monoisotopic (exact) mass is 461 g/mol. The van der Waals surface area contributed by atoms with Gasteiger partial charge in [-0.15, -0.1) is 10.2 Å². The number of fused-ring (bicyclic) bond motifs is 1. The molecule has 11 heteroatoms. The van der Waals surface area contributed by atoms with Gasteiger partial charge < -0.3 is 4.98 Å². The van der Waals surface area contributed by atoms with Gasteiger partial charge in [-0.2, -0.15) is 13.2 Å². The molecule has 1 saturated carbocycles. The van der Waals surface area contributed by atoms with E-state index in [-0.39, 0.29) is 28.5 Å². The molecule has 164 valence electrons. The Hall–Kier alpha value is -3.21. The van der Waals surface area contributed by atoms with Gasteiger partial charge in [0.25, 0.3) is 5.56 Å². The lowest BCUT2D eigenvalue weighted by Crippen LogP contribution is -2.13. The van der Waals surface area contributed by atoms with Crippen molar-refractivity contribution in [1.29, 1.82) is 0 Å². The van der Waals surface area contributed by atoms with Crippen molar-refractivity contribution < 1.29 is 17.6 Å². The molecule has 0 amide bonds. The lowest BCUT2D eigenvalue weighted by molar-refractivity contribution is -0.137. The molecule has 0 radical (unpaired) electrons. The van der Waals surface area contributed by atoms with Crippen LogP contribution >= 0.6 is 11.8 Å². The van der Waals surface area contributed by atoms with Crippen molar-refractivity contribution in [3.8, 4) is 11.4 Å². The van der Waals surface area contributed by atoms with Crippen LogP contribution in [0.2, 0.25) is 0 Å². The van der Waals surface area contributed by atoms with Gasteiger partial charge in [-0.3, -0.25) is 9.36 Å². The van der Waals surface area contributed by atoms with Crippen molar-refractivity contribution >= 4 is 22.7 Å². The minimum atomic E-state index is -4.53. The summed E-state index contributed by atoms with van der Waals surface area (Å²) in [6.07, 6.45) is -2.70. The SMILES string of the molecule is O=c1[nH]c(CSc2nnc(-c3ccccc3F)n2C2CC2)nc2cc(C(F)(F)F)ccc12. The molecule has 1 N–H and O–H groups in total. The van der Waals surface area contributed by atoms with E-state index < -0.39 is 23.1 Å². The van der Waals surface area contributed by atoms with Crippen LogP contribution in [0.5, 0.6) is 0 Å². The van der Waals surface area contributed by atoms with Crippen LogP contribution in [-0.4, -0.2) is 24.7 Å². The summed E-state index contributed by atoms with van der Waals surface area (Å²) in [5.41, 5.74) is -1.08. The third kappa shape index (κ3) is 3.88. The molecule has 2 heterocycles. The fraction of sp³-hybridized carbons (Fsp3) is 0.238. The van der Waals surface area contributed by atoms with E-state index in [4.69, 9.17) is 0 Å². The highest BCUT2D eigenvalue weighted by atomic mass is 32.2. The zero-order chi connectivity index (χ0) is 22.5. The highest BCUT2D eigenvalue weighted by Gasteiger charge is 2.32. The van der Waals surface area contributed by atoms with Crippen LogP contribution in [-0.2, 0) is 11.9 Å². The molecule has 0 unspecified atom stereocenters. The maximum absolute atomic E-state index is 14.3. The maximum Gasteiger partial charge on any atom is 0.416 e. The molecule has 1 aliphatic carbocycles. The zero-order valence-electron chi connectivity index (χ0n) is 16.4. The Bertz CT molecular complexity index is 1380. The first-order valence-electron chi connectivity index (χ1n) is 9.74. The molecular weight excluding hydrogens is 446 g/mol. The molecule has 0 saturated heterocycles. The summed E-state index contributed by atoms with van der Waals surface area (Å²) in [4.78, 5) is 19.1. The zero-order valence-corrected chi connectivity index (χ0v) is 17.2. The first-order valence-corrected chi connectivity index (χ1v) is 10.7. The number of rotatable bonds is 5. The van der Waals surface area contributed by atoms with E-state index in [1.54, 1.807) is 18.2 Å². The largest absolute Gasteiger partial charge is 0.416 e. The van der Waals surface area contributed by atoms with Gasteiger partial charge in [-0.05, 0) is 43.2 Å². The second-order valence-electron chi connectivity index (χ2n) is 7.42. The van der Waals surface area contributed by atoms with Gasteiger partial charge in [-0.1, -0.05) is 23.9 Å². The Morgan fingerprint density at radius 3 is 2.62 bits per heavy atom. The normalized spacial score (nSPS) is 14.2. The summed E-state index contributed by atoms with van der Waals surface area (Å²) < 4.78 is 55.2. The van der Waals surface area contributed by atoms with E-state index in [1.807, 2.05) is 4.57 Å². The highest BCUT2D eigenvalue weighted by Crippen LogP contribution is 2.41. The smallest absolute Gasteiger partial charge is 0.309 e. The van der Waals surface area contributed by atoms with Crippen LogP contribution in [0.1, 0.15) is 30.3 Å². The van der Waals surface area contributed by atoms with Gasteiger partial charge in [0.1, 0.15) is 11.6 Å². The Morgan fingerprint density at radius 2 is 1.91 bits per heavy atom. The average molecular weight is 461 g/mol. The number of hydrogen-bond donors (Lipinski definition) is 1. The summed E-state index contributed by atoms with van der Waals surface area (Å²) in [5, 5.41) is 8.95. The summed E-state index contributed by atoms with van der Waals surface area (Å²) in [5.74, 6) is 0.385. The Kier molecular flexibility index (Phi) is 5.00. The van der Waals surface area contributed by atoms with Crippen molar-refractivity contribution in [3.05, 3.63) is 70.0 Å². The van der Waals surface area contributed by atoms with Gasteiger partial charge in [0.15, 0.2) is 11.0 Å². The third-order valence-electron chi connectivity index (χ3n) is 5.11. The predicted molar refractivity (Wildman–Crippen MR) is 111 cm³/mol. The summed E-state index contributed by atoms with van der Waals surface area (Å²) >= 11 is 1.23. The number of benzene rings is 2. The van der Waals surface area contributed by atoms with Crippen molar-refractivity contribution in [2.75, 3.05) is 0 Å². The number of halogens is 4. The molecule has 0 bridgehead atoms. The summed E-state index contributed by atoms with van der Waals surface area (Å²) in [6, 6.07) is 9.29. The van der Waals surface area contributed by atoms with E-state index in [9.17, 15) is 22.4 Å². The number of nitrogens with one attached hydrogen (secondary N) is 1. The highest BCUT2D eigenvalue weighted by molar-refractivity contribution is 7.98. The Morgan fingerprint density at radius 1 is 1.12 bits per heavy atom. The predicted octanol–water partition coefficient (Wildman–Crippen LogP) is 4.97. The van der Waals surface area contributed by atoms with E-state index in [0.717, 1.165) is 31.0 Å². The minimum Gasteiger partial charge on any atom is -0.309 e. The average Bonchev–Trinajstić information content (AvgIpc) is 3.51. The minimum absolute atomic E-state index is 0.0325. The van der Waals surface area contributed by atoms with Gasteiger partial charge in [0.2, 0.25) is 0 Å². The van der Waals surface area contributed by atoms with Crippen molar-refractivity contribution in [1.82, 2.24) is 24.7 Å². The van der Waals surface area contributed by atoms with Gasteiger partial charge in [0.05, 0.1) is 27.8 Å². The van der Waals surface area contributed by atoms with E-state index in [2.05, 4.69) is 20.2 Å². The van der Waals surface area contributed by atoms with Gasteiger partial charge in [0, 0.05) is 6.04 Å². The van der Waals surface area contributed by atoms with Crippen LogP contribution in [0.3, 0.4) is 0 Å². The second-order valence-corrected chi connectivity index (χ2v) is 8.36. The molecule has 0 spiro atoms.